The van der Waals surface area contributed by atoms with Gasteiger partial charge in [-0.2, -0.15) is 9.40 Å². The first-order valence-corrected chi connectivity index (χ1v) is 11.4. The summed E-state index contributed by atoms with van der Waals surface area (Å²) in [5.74, 6) is -0.723. The molecule has 2 aromatic carbocycles. The van der Waals surface area contributed by atoms with Crippen LogP contribution >= 0.6 is 0 Å². The molecule has 0 saturated carbocycles. The van der Waals surface area contributed by atoms with Gasteiger partial charge < -0.3 is 10.4 Å². The summed E-state index contributed by atoms with van der Waals surface area (Å²) in [5.41, 5.74) is 2.84. The lowest BCUT2D eigenvalue weighted by atomic mass is 10.2. The zero-order valence-electron chi connectivity index (χ0n) is 18.0. The Kier molecular flexibility index (Phi) is 6.47. The van der Waals surface area contributed by atoms with E-state index in [4.69, 9.17) is 0 Å². The Labute approximate surface area is 182 Å². The second-order valence-electron chi connectivity index (χ2n) is 7.12. The molecule has 0 unspecified atom stereocenters. The molecule has 2 N–H and O–H groups in total. The van der Waals surface area contributed by atoms with Crippen LogP contribution in [-0.4, -0.2) is 46.6 Å². The van der Waals surface area contributed by atoms with Gasteiger partial charge in [0.1, 0.15) is 5.75 Å². The molecule has 0 aliphatic rings. The number of sulfonamides is 1. The molecule has 0 saturated heterocycles. The number of phenols is 1. The average Bonchev–Trinajstić information content (AvgIpc) is 3.11. The minimum Gasteiger partial charge on any atom is -0.506 e. The molecule has 0 bridgehead atoms. The van der Waals surface area contributed by atoms with Gasteiger partial charge in [-0.3, -0.25) is 4.79 Å². The van der Waals surface area contributed by atoms with Crippen molar-refractivity contribution >= 4 is 21.6 Å². The number of aryl methyl sites for hydroxylation is 1. The van der Waals surface area contributed by atoms with Crippen molar-refractivity contribution in [3.05, 3.63) is 65.5 Å². The summed E-state index contributed by atoms with van der Waals surface area (Å²) in [6.07, 6.45) is 1.44. The van der Waals surface area contributed by atoms with E-state index in [0.29, 0.717) is 24.3 Å². The summed E-state index contributed by atoms with van der Waals surface area (Å²) in [4.78, 5) is 12.9. The maximum atomic E-state index is 12.9. The van der Waals surface area contributed by atoms with Gasteiger partial charge in [0.2, 0.25) is 10.0 Å². The molecular weight excluding hydrogens is 416 g/mol. The highest BCUT2D eigenvalue weighted by atomic mass is 32.2. The molecule has 1 amide bonds. The molecule has 3 rings (SSSR count). The molecule has 0 aliphatic carbocycles. The van der Waals surface area contributed by atoms with Gasteiger partial charge >= 0.3 is 0 Å². The monoisotopic (exact) mass is 442 g/mol. The third-order valence-electron chi connectivity index (χ3n) is 5.06. The summed E-state index contributed by atoms with van der Waals surface area (Å²) in [6, 6.07) is 11.6. The van der Waals surface area contributed by atoms with Crippen LogP contribution in [-0.2, 0) is 10.0 Å². The molecular formula is C22H26N4O4S. The highest BCUT2D eigenvalue weighted by Gasteiger charge is 2.24. The quantitative estimate of drug-likeness (QED) is 0.545. The van der Waals surface area contributed by atoms with Crippen molar-refractivity contribution in [2.45, 2.75) is 32.6 Å². The Morgan fingerprint density at radius 2 is 1.84 bits per heavy atom. The fraction of sp³-hybridized carbons (Fsp3) is 0.273. The van der Waals surface area contributed by atoms with Gasteiger partial charge in [0.05, 0.1) is 33.7 Å². The van der Waals surface area contributed by atoms with E-state index in [9.17, 15) is 18.3 Å². The van der Waals surface area contributed by atoms with Crippen LogP contribution < -0.4 is 5.32 Å². The van der Waals surface area contributed by atoms with Gasteiger partial charge in [-0.05, 0) is 49.7 Å². The van der Waals surface area contributed by atoms with Gasteiger partial charge in [0.15, 0.2) is 0 Å². The van der Waals surface area contributed by atoms with Crippen LogP contribution in [0, 0.1) is 13.8 Å². The second-order valence-corrected chi connectivity index (χ2v) is 9.05. The van der Waals surface area contributed by atoms with Crippen LogP contribution in [0.25, 0.3) is 5.69 Å². The normalized spacial score (nSPS) is 11.6. The van der Waals surface area contributed by atoms with E-state index in [2.05, 4.69) is 10.4 Å². The highest BCUT2D eigenvalue weighted by Crippen LogP contribution is 2.29. The van der Waals surface area contributed by atoms with E-state index in [-0.39, 0.29) is 16.3 Å². The van der Waals surface area contributed by atoms with E-state index < -0.39 is 15.9 Å². The fourth-order valence-electron chi connectivity index (χ4n) is 3.33. The number of hydrogen-bond donors (Lipinski definition) is 2. The maximum Gasteiger partial charge on any atom is 0.259 e. The van der Waals surface area contributed by atoms with Crippen molar-refractivity contribution in [1.29, 1.82) is 0 Å². The number of benzene rings is 2. The van der Waals surface area contributed by atoms with Crippen molar-refractivity contribution in [3.8, 4) is 11.4 Å². The average molecular weight is 443 g/mol. The van der Waals surface area contributed by atoms with Gasteiger partial charge in [-0.25, -0.2) is 13.1 Å². The lowest BCUT2D eigenvalue weighted by Crippen LogP contribution is -2.30. The van der Waals surface area contributed by atoms with Crippen LogP contribution in [0.2, 0.25) is 0 Å². The number of anilines is 1. The number of hydrogen-bond acceptors (Lipinski definition) is 5. The SMILES string of the molecule is CCN(CC)S(=O)(=O)c1ccc(O)c(NC(=O)c2cnn(-c3cccc(C)c3)c2C)c1. The maximum absolute atomic E-state index is 12.9. The van der Waals surface area contributed by atoms with Crippen LogP contribution in [0.4, 0.5) is 5.69 Å². The molecule has 31 heavy (non-hydrogen) atoms. The Morgan fingerprint density at radius 1 is 1.13 bits per heavy atom. The van der Waals surface area contributed by atoms with Crippen molar-refractivity contribution in [3.63, 3.8) is 0 Å². The first kappa shape index (κ1) is 22.5. The Balaban J connectivity index is 1.91. The van der Waals surface area contributed by atoms with E-state index in [1.54, 1.807) is 25.5 Å². The van der Waals surface area contributed by atoms with Crippen LogP contribution in [0.15, 0.2) is 53.6 Å². The number of aromatic nitrogens is 2. The third-order valence-corrected chi connectivity index (χ3v) is 7.11. The Hall–Kier alpha value is -3.17. The number of rotatable bonds is 7. The predicted octanol–water partition coefficient (Wildman–Crippen LogP) is 3.48. The molecule has 0 atom stereocenters. The Morgan fingerprint density at radius 3 is 2.48 bits per heavy atom. The molecule has 0 fully saturated rings. The number of nitrogens with zero attached hydrogens (tertiary/aromatic N) is 3. The number of nitrogens with one attached hydrogen (secondary N) is 1. The summed E-state index contributed by atoms with van der Waals surface area (Å²) >= 11 is 0. The molecule has 164 valence electrons. The smallest absolute Gasteiger partial charge is 0.259 e. The lowest BCUT2D eigenvalue weighted by Gasteiger charge is -2.19. The second kappa shape index (κ2) is 8.91. The molecule has 0 spiro atoms. The van der Waals surface area contributed by atoms with Crippen LogP contribution in [0.1, 0.15) is 35.5 Å². The Bertz CT molecular complexity index is 1210. The molecule has 0 aliphatic heterocycles. The zero-order chi connectivity index (χ0) is 22.8. The largest absolute Gasteiger partial charge is 0.506 e. The van der Waals surface area contributed by atoms with Gasteiger partial charge in [0.25, 0.3) is 5.91 Å². The minimum absolute atomic E-state index is 0.00326. The number of carbonyl (C=O) groups is 1. The van der Waals surface area contributed by atoms with Crippen LogP contribution in [0.3, 0.4) is 0 Å². The van der Waals surface area contributed by atoms with E-state index in [0.717, 1.165) is 11.3 Å². The molecule has 1 aromatic heterocycles. The van der Waals surface area contributed by atoms with Crippen molar-refractivity contribution < 1.29 is 18.3 Å². The topological polar surface area (TPSA) is 105 Å². The molecule has 1 heterocycles. The third kappa shape index (κ3) is 4.47. The number of phenolic OH excluding ortho intramolecular Hbond substituents is 1. The molecule has 8 nitrogen and oxygen atoms in total. The molecule has 9 heteroatoms. The zero-order valence-corrected chi connectivity index (χ0v) is 18.8. The van der Waals surface area contributed by atoms with Crippen molar-refractivity contribution in [1.82, 2.24) is 14.1 Å². The van der Waals surface area contributed by atoms with E-state index in [1.165, 1.54) is 28.7 Å². The summed E-state index contributed by atoms with van der Waals surface area (Å²) < 4.78 is 28.5. The molecule has 0 radical (unpaired) electrons. The van der Waals surface area contributed by atoms with Crippen molar-refractivity contribution in [2.75, 3.05) is 18.4 Å². The first-order valence-electron chi connectivity index (χ1n) is 9.95. The van der Waals surface area contributed by atoms with Gasteiger partial charge in [-0.15, -0.1) is 0 Å². The van der Waals surface area contributed by atoms with Gasteiger partial charge in [0, 0.05) is 13.1 Å². The summed E-state index contributed by atoms with van der Waals surface area (Å²) in [6.45, 7) is 7.87. The minimum atomic E-state index is -3.73. The van der Waals surface area contributed by atoms with Crippen molar-refractivity contribution in [2.24, 2.45) is 0 Å². The first-order chi connectivity index (χ1) is 14.7. The van der Waals surface area contributed by atoms with E-state index in [1.807, 2.05) is 31.2 Å². The molecule has 3 aromatic rings. The highest BCUT2D eigenvalue weighted by molar-refractivity contribution is 7.89. The standard InChI is InChI=1S/C22H26N4O4S/c1-5-25(6-2)31(29,30)18-10-11-21(27)20(13-18)24-22(28)19-14-23-26(16(19)4)17-9-7-8-15(3)12-17/h7-14,27H,5-6H2,1-4H3,(H,24,28). The number of amides is 1. The predicted molar refractivity (Wildman–Crippen MR) is 119 cm³/mol. The number of aromatic hydroxyl groups is 1. The fourth-order valence-corrected chi connectivity index (χ4v) is 4.82. The van der Waals surface area contributed by atoms with E-state index >= 15 is 0 Å². The summed E-state index contributed by atoms with van der Waals surface area (Å²) in [5, 5.41) is 17.1. The van der Waals surface area contributed by atoms with Crippen LogP contribution in [0.5, 0.6) is 5.75 Å². The van der Waals surface area contributed by atoms with Gasteiger partial charge in [-0.1, -0.05) is 26.0 Å². The lowest BCUT2D eigenvalue weighted by molar-refractivity contribution is 0.102. The number of carbonyl (C=O) groups excluding carboxylic acids is 1. The summed E-state index contributed by atoms with van der Waals surface area (Å²) in [7, 11) is -3.73.